The molecule has 2 atom stereocenters. The first-order valence-corrected chi connectivity index (χ1v) is 8.41. The first kappa shape index (κ1) is 15.9. The molecule has 1 fully saturated rings. The van der Waals surface area contributed by atoms with Gasteiger partial charge in [0.2, 0.25) is 0 Å². The molecule has 1 aromatic carbocycles. The van der Waals surface area contributed by atoms with E-state index in [1.165, 1.54) is 0 Å². The first-order valence-electron chi connectivity index (χ1n) is 8.41. The molecule has 4 rings (SSSR count). The fourth-order valence-corrected chi connectivity index (χ4v) is 3.33. The molecule has 0 spiro atoms. The molecule has 1 N–H and O–H groups in total. The van der Waals surface area contributed by atoms with Gasteiger partial charge in [-0.3, -0.25) is 10.00 Å². The smallest absolute Gasteiger partial charge is 0.137 e. The molecule has 0 saturated carbocycles. The van der Waals surface area contributed by atoms with Crippen LogP contribution in [0.3, 0.4) is 0 Å². The molecule has 2 aromatic heterocycles. The Morgan fingerprint density at radius 2 is 2.20 bits per heavy atom. The third-order valence-electron chi connectivity index (χ3n) is 4.54. The van der Waals surface area contributed by atoms with Crippen LogP contribution in [0.1, 0.15) is 23.9 Å². The van der Waals surface area contributed by atoms with Crippen LogP contribution in [0.25, 0.3) is 5.69 Å². The normalized spacial score (nSPS) is 20.4. The molecule has 130 valence electrons. The van der Waals surface area contributed by atoms with Gasteiger partial charge < -0.3 is 4.74 Å². The fraction of sp³-hybridized carbons (Fsp3) is 0.412. The van der Waals surface area contributed by atoms with Crippen LogP contribution in [0.2, 0.25) is 0 Å². The van der Waals surface area contributed by atoms with Crippen molar-refractivity contribution in [2.24, 2.45) is 0 Å². The Morgan fingerprint density at radius 3 is 3.00 bits per heavy atom. The Kier molecular flexibility index (Phi) is 4.53. The summed E-state index contributed by atoms with van der Waals surface area (Å²) >= 11 is 0. The molecule has 0 amide bonds. The van der Waals surface area contributed by atoms with E-state index in [-0.39, 0.29) is 12.0 Å². The van der Waals surface area contributed by atoms with Crippen LogP contribution >= 0.6 is 0 Å². The van der Waals surface area contributed by atoms with Crippen molar-refractivity contribution in [2.45, 2.75) is 25.0 Å². The predicted octanol–water partition coefficient (Wildman–Crippen LogP) is 1.39. The van der Waals surface area contributed by atoms with E-state index in [0.717, 1.165) is 43.3 Å². The van der Waals surface area contributed by atoms with Gasteiger partial charge in [0.25, 0.3) is 0 Å². The van der Waals surface area contributed by atoms with Gasteiger partial charge in [0.15, 0.2) is 0 Å². The van der Waals surface area contributed by atoms with E-state index in [9.17, 15) is 0 Å². The zero-order chi connectivity index (χ0) is 17.1. The lowest BCUT2D eigenvalue weighted by Crippen LogP contribution is -2.32. The third-order valence-corrected chi connectivity index (χ3v) is 4.54. The molecule has 1 aliphatic heterocycles. The maximum Gasteiger partial charge on any atom is 0.137 e. The van der Waals surface area contributed by atoms with Gasteiger partial charge in [-0.2, -0.15) is 5.10 Å². The maximum atomic E-state index is 5.93. The lowest BCUT2D eigenvalue weighted by atomic mass is 10.0. The maximum absolute atomic E-state index is 5.93. The molecular weight excluding hydrogens is 318 g/mol. The topological polar surface area (TPSA) is 84.8 Å². The van der Waals surface area contributed by atoms with Crippen LogP contribution in [-0.2, 0) is 11.3 Å². The molecule has 3 aromatic rings. The van der Waals surface area contributed by atoms with E-state index >= 15 is 0 Å². The summed E-state index contributed by atoms with van der Waals surface area (Å²) in [6, 6.07) is 10.0. The lowest BCUT2D eigenvalue weighted by molar-refractivity contribution is 0.0706. The van der Waals surface area contributed by atoms with Crippen LogP contribution in [0.15, 0.2) is 42.9 Å². The number of likely N-dealkylation sites (N-methyl/N-ethyl adjacent to an activating group) is 1. The molecular formula is C17H21N7O. The highest BCUT2D eigenvalue weighted by atomic mass is 16.5. The molecule has 0 aliphatic carbocycles. The van der Waals surface area contributed by atoms with Gasteiger partial charge in [-0.15, -0.1) is 5.10 Å². The quantitative estimate of drug-likeness (QED) is 0.730. The van der Waals surface area contributed by atoms with E-state index in [0.29, 0.717) is 0 Å². The molecule has 3 heterocycles. The van der Waals surface area contributed by atoms with Crippen LogP contribution in [0.4, 0.5) is 0 Å². The van der Waals surface area contributed by atoms with Crippen LogP contribution in [0.5, 0.6) is 0 Å². The van der Waals surface area contributed by atoms with Crippen molar-refractivity contribution in [1.82, 2.24) is 35.1 Å². The predicted molar refractivity (Wildman–Crippen MR) is 91.2 cm³/mol. The van der Waals surface area contributed by atoms with E-state index in [1.54, 1.807) is 6.33 Å². The van der Waals surface area contributed by atoms with Crippen LogP contribution in [0, 0.1) is 0 Å². The number of hydrogen-bond acceptors (Lipinski definition) is 6. The molecule has 0 radical (unpaired) electrons. The van der Waals surface area contributed by atoms with E-state index in [4.69, 9.17) is 4.74 Å². The van der Waals surface area contributed by atoms with Gasteiger partial charge >= 0.3 is 0 Å². The SMILES string of the molecule is CN(Cc1cnnn1-c1ccccc1)C[C@H]1OCC[C@H]1c1ncn[nH]1. The highest BCUT2D eigenvalue weighted by Crippen LogP contribution is 2.29. The van der Waals surface area contributed by atoms with Crippen molar-refractivity contribution in [3.05, 3.63) is 54.4 Å². The fourth-order valence-electron chi connectivity index (χ4n) is 3.33. The van der Waals surface area contributed by atoms with Gasteiger partial charge in [-0.25, -0.2) is 9.67 Å². The molecule has 0 bridgehead atoms. The van der Waals surface area contributed by atoms with Crippen molar-refractivity contribution < 1.29 is 4.74 Å². The minimum Gasteiger partial charge on any atom is -0.376 e. The zero-order valence-corrected chi connectivity index (χ0v) is 14.1. The Balaban J connectivity index is 1.43. The van der Waals surface area contributed by atoms with Crippen molar-refractivity contribution in [1.29, 1.82) is 0 Å². The number of ether oxygens (including phenoxy) is 1. The summed E-state index contributed by atoms with van der Waals surface area (Å²) in [7, 11) is 2.08. The number of rotatable bonds is 6. The van der Waals surface area contributed by atoms with Crippen LogP contribution < -0.4 is 0 Å². The second-order valence-corrected chi connectivity index (χ2v) is 6.34. The number of aromatic amines is 1. The number of hydrogen-bond donors (Lipinski definition) is 1. The van der Waals surface area contributed by atoms with Gasteiger partial charge in [0, 0.05) is 25.6 Å². The summed E-state index contributed by atoms with van der Waals surface area (Å²) in [4.78, 5) is 6.53. The van der Waals surface area contributed by atoms with Crippen molar-refractivity contribution >= 4 is 0 Å². The van der Waals surface area contributed by atoms with Gasteiger partial charge in [0.1, 0.15) is 12.2 Å². The number of para-hydroxylation sites is 1. The van der Waals surface area contributed by atoms with Gasteiger partial charge in [0.05, 0.1) is 23.7 Å². The summed E-state index contributed by atoms with van der Waals surface area (Å²) in [5.41, 5.74) is 2.06. The number of nitrogens with one attached hydrogen (secondary N) is 1. The summed E-state index contributed by atoms with van der Waals surface area (Å²) in [5.74, 6) is 1.18. The van der Waals surface area contributed by atoms with Gasteiger partial charge in [-0.05, 0) is 25.6 Å². The third kappa shape index (κ3) is 3.45. The number of nitrogens with zero attached hydrogens (tertiary/aromatic N) is 6. The molecule has 0 unspecified atom stereocenters. The van der Waals surface area contributed by atoms with Crippen molar-refractivity contribution in [3.63, 3.8) is 0 Å². The average Bonchev–Trinajstić information content (AvgIpc) is 3.37. The molecule has 8 nitrogen and oxygen atoms in total. The molecule has 1 aliphatic rings. The molecule has 25 heavy (non-hydrogen) atoms. The summed E-state index contributed by atoms with van der Waals surface area (Å²) in [5, 5.41) is 15.2. The highest BCUT2D eigenvalue weighted by molar-refractivity contribution is 5.31. The number of aromatic nitrogens is 6. The largest absolute Gasteiger partial charge is 0.376 e. The van der Waals surface area contributed by atoms with Crippen molar-refractivity contribution in [3.8, 4) is 5.69 Å². The van der Waals surface area contributed by atoms with E-state index in [2.05, 4.69) is 37.4 Å². The first-order chi connectivity index (χ1) is 12.3. The van der Waals surface area contributed by atoms with Crippen molar-refractivity contribution in [2.75, 3.05) is 20.2 Å². The average molecular weight is 339 g/mol. The molecule has 8 heteroatoms. The summed E-state index contributed by atoms with van der Waals surface area (Å²) in [6.07, 6.45) is 4.45. The molecule has 1 saturated heterocycles. The Bertz CT molecular complexity index is 786. The van der Waals surface area contributed by atoms with Gasteiger partial charge in [-0.1, -0.05) is 23.4 Å². The second kappa shape index (κ2) is 7.12. The van der Waals surface area contributed by atoms with E-state index in [1.807, 2.05) is 41.2 Å². The van der Waals surface area contributed by atoms with E-state index < -0.39 is 0 Å². The Hall–Kier alpha value is -2.58. The lowest BCUT2D eigenvalue weighted by Gasteiger charge is -2.23. The Labute approximate surface area is 145 Å². The number of H-pyrrole nitrogens is 1. The standard InChI is InChI=1S/C17H21N7O/c1-23(11-16-15(7-8-25-16)17-18-12-20-21-17)10-14-9-19-22-24(14)13-5-3-2-4-6-13/h2-6,9,12,15-16H,7-8,10-11H2,1H3,(H,18,20,21)/t15-,16-/m1/s1. The second-order valence-electron chi connectivity index (χ2n) is 6.34. The zero-order valence-electron chi connectivity index (χ0n) is 14.1. The highest BCUT2D eigenvalue weighted by Gasteiger charge is 2.32. The minimum atomic E-state index is 0.110. The monoisotopic (exact) mass is 339 g/mol. The summed E-state index contributed by atoms with van der Waals surface area (Å²) < 4.78 is 7.80. The van der Waals surface area contributed by atoms with Crippen LogP contribution in [-0.4, -0.2) is 61.4 Å². The number of benzene rings is 1. The Morgan fingerprint density at radius 1 is 1.32 bits per heavy atom. The summed E-state index contributed by atoms with van der Waals surface area (Å²) in [6.45, 7) is 2.31. The minimum absolute atomic E-state index is 0.110.